The molecule has 22 heavy (non-hydrogen) atoms. The Hall–Kier alpha value is -1.91. The maximum Gasteiger partial charge on any atom is 0.308 e. The molecule has 1 N–H and O–H groups in total. The molecule has 2 rings (SSSR count). The van der Waals surface area contributed by atoms with Crippen molar-refractivity contribution in [1.29, 1.82) is 0 Å². The van der Waals surface area contributed by atoms with Crippen molar-refractivity contribution < 1.29 is 14.7 Å². The highest BCUT2D eigenvalue weighted by Crippen LogP contribution is 2.28. The van der Waals surface area contributed by atoms with Crippen LogP contribution in [0.5, 0.6) is 0 Å². The molecule has 1 fully saturated rings. The number of aromatic nitrogens is 1. The maximum absolute atomic E-state index is 12.9. The van der Waals surface area contributed by atoms with Gasteiger partial charge in [-0.2, -0.15) is 0 Å². The standard InChI is InChI=1S/C17H24N2O3/c1-12-7-6-10-18-15(12)19(11-13(2)17(21)22)16(20)14-8-4-3-5-9-14/h6-7,10,13-14H,3-5,8-9,11H2,1-2H3,(H,21,22). The lowest BCUT2D eigenvalue weighted by molar-refractivity contribution is -0.140. The highest BCUT2D eigenvalue weighted by Gasteiger charge is 2.30. The van der Waals surface area contributed by atoms with Gasteiger partial charge in [0.05, 0.1) is 5.92 Å². The fourth-order valence-corrected chi connectivity index (χ4v) is 2.96. The molecule has 1 aliphatic carbocycles. The fraction of sp³-hybridized carbons (Fsp3) is 0.588. The lowest BCUT2D eigenvalue weighted by atomic mass is 9.88. The number of carboxylic acids is 1. The summed E-state index contributed by atoms with van der Waals surface area (Å²) in [6.45, 7) is 3.69. The molecule has 1 unspecified atom stereocenters. The average Bonchev–Trinajstić information content (AvgIpc) is 2.53. The van der Waals surface area contributed by atoms with Gasteiger partial charge in [0, 0.05) is 18.7 Å². The van der Waals surface area contributed by atoms with Gasteiger partial charge in [0.2, 0.25) is 5.91 Å². The SMILES string of the molecule is Cc1cccnc1N(CC(C)C(=O)O)C(=O)C1CCCCC1. The highest BCUT2D eigenvalue weighted by molar-refractivity contribution is 5.95. The van der Waals surface area contributed by atoms with Crippen molar-refractivity contribution in [2.45, 2.75) is 46.0 Å². The van der Waals surface area contributed by atoms with E-state index in [0.29, 0.717) is 5.82 Å². The molecular formula is C17H24N2O3. The number of carbonyl (C=O) groups excluding carboxylic acids is 1. The van der Waals surface area contributed by atoms with Gasteiger partial charge in [0.25, 0.3) is 0 Å². The molecule has 1 amide bonds. The summed E-state index contributed by atoms with van der Waals surface area (Å²) in [4.78, 5) is 30.0. The van der Waals surface area contributed by atoms with Gasteiger partial charge in [0.15, 0.2) is 0 Å². The Balaban J connectivity index is 2.26. The van der Waals surface area contributed by atoms with Crippen molar-refractivity contribution >= 4 is 17.7 Å². The molecule has 1 saturated carbocycles. The largest absolute Gasteiger partial charge is 0.481 e. The van der Waals surface area contributed by atoms with Crippen molar-refractivity contribution in [3.8, 4) is 0 Å². The van der Waals surface area contributed by atoms with Gasteiger partial charge < -0.3 is 5.11 Å². The zero-order chi connectivity index (χ0) is 16.1. The van der Waals surface area contributed by atoms with Crippen LogP contribution < -0.4 is 4.90 Å². The van der Waals surface area contributed by atoms with Crippen LogP contribution >= 0.6 is 0 Å². The zero-order valence-corrected chi connectivity index (χ0v) is 13.3. The van der Waals surface area contributed by atoms with Crippen LogP contribution in [0.3, 0.4) is 0 Å². The number of carboxylic acid groups (broad SMARTS) is 1. The van der Waals surface area contributed by atoms with E-state index in [2.05, 4.69) is 4.98 Å². The summed E-state index contributed by atoms with van der Waals surface area (Å²) in [6.07, 6.45) is 6.75. The van der Waals surface area contributed by atoms with Crippen molar-refractivity contribution in [2.75, 3.05) is 11.4 Å². The Labute approximate surface area is 131 Å². The van der Waals surface area contributed by atoms with Crippen LogP contribution in [0.2, 0.25) is 0 Å². The number of nitrogens with zero attached hydrogens (tertiary/aromatic N) is 2. The van der Waals surface area contributed by atoms with Crippen molar-refractivity contribution in [3.05, 3.63) is 23.9 Å². The van der Waals surface area contributed by atoms with Crippen molar-refractivity contribution in [1.82, 2.24) is 4.98 Å². The Morgan fingerprint density at radius 2 is 2.05 bits per heavy atom. The van der Waals surface area contributed by atoms with Crippen LogP contribution in [0, 0.1) is 18.8 Å². The molecule has 1 aliphatic rings. The van der Waals surface area contributed by atoms with Crippen LogP contribution in [0.1, 0.15) is 44.6 Å². The van der Waals surface area contributed by atoms with Gasteiger partial charge in [0.1, 0.15) is 5.82 Å². The third kappa shape index (κ3) is 3.84. The van der Waals surface area contributed by atoms with Crippen molar-refractivity contribution in [3.63, 3.8) is 0 Å². The lowest BCUT2D eigenvalue weighted by Gasteiger charge is -2.30. The fourth-order valence-electron chi connectivity index (χ4n) is 2.96. The molecule has 1 atom stereocenters. The average molecular weight is 304 g/mol. The van der Waals surface area contributed by atoms with Gasteiger partial charge in [-0.3, -0.25) is 14.5 Å². The van der Waals surface area contributed by atoms with E-state index >= 15 is 0 Å². The summed E-state index contributed by atoms with van der Waals surface area (Å²) in [5.41, 5.74) is 0.893. The van der Waals surface area contributed by atoms with Crippen LogP contribution in [0.25, 0.3) is 0 Å². The molecule has 1 aromatic heterocycles. The first-order valence-corrected chi connectivity index (χ1v) is 7.96. The van der Waals surface area contributed by atoms with Gasteiger partial charge in [-0.25, -0.2) is 4.98 Å². The topological polar surface area (TPSA) is 70.5 Å². The molecule has 5 nitrogen and oxygen atoms in total. The van der Waals surface area contributed by atoms with Crippen LogP contribution in [-0.4, -0.2) is 28.5 Å². The van der Waals surface area contributed by atoms with E-state index in [1.807, 2.05) is 19.1 Å². The Bertz CT molecular complexity index is 538. The van der Waals surface area contributed by atoms with E-state index in [9.17, 15) is 14.7 Å². The Kier molecular flexibility index (Phi) is 5.52. The van der Waals surface area contributed by atoms with Gasteiger partial charge >= 0.3 is 5.97 Å². The number of rotatable bonds is 5. The van der Waals surface area contributed by atoms with E-state index in [1.54, 1.807) is 18.0 Å². The molecule has 0 aliphatic heterocycles. The molecule has 1 aromatic rings. The highest BCUT2D eigenvalue weighted by atomic mass is 16.4. The number of carbonyl (C=O) groups is 2. The quantitative estimate of drug-likeness (QED) is 0.907. The van der Waals surface area contributed by atoms with E-state index < -0.39 is 11.9 Å². The number of aliphatic carboxylic acids is 1. The normalized spacial score (nSPS) is 17.0. The second-order valence-corrected chi connectivity index (χ2v) is 6.17. The first-order valence-electron chi connectivity index (χ1n) is 7.96. The number of aryl methyl sites for hydroxylation is 1. The smallest absolute Gasteiger partial charge is 0.308 e. The molecule has 0 bridgehead atoms. The van der Waals surface area contributed by atoms with Crippen LogP contribution in [0.4, 0.5) is 5.82 Å². The van der Waals surface area contributed by atoms with Gasteiger partial charge in [-0.05, 0) is 31.4 Å². The Morgan fingerprint density at radius 1 is 1.36 bits per heavy atom. The van der Waals surface area contributed by atoms with E-state index in [4.69, 9.17) is 0 Å². The van der Waals surface area contributed by atoms with Crippen molar-refractivity contribution in [2.24, 2.45) is 11.8 Å². The number of anilines is 1. The van der Waals surface area contributed by atoms with Gasteiger partial charge in [-0.15, -0.1) is 0 Å². The molecule has 5 heteroatoms. The van der Waals surface area contributed by atoms with E-state index in [0.717, 1.165) is 31.2 Å². The predicted molar refractivity (Wildman–Crippen MR) is 84.7 cm³/mol. The van der Waals surface area contributed by atoms with Crippen LogP contribution in [0.15, 0.2) is 18.3 Å². The number of hydrogen-bond donors (Lipinski definition) is 1. The molecule has 1 heterocycles. The lowest BCUT2D eigenvalue weighted by Crippen LogP contribution is -2.42. The number of pyridine rings is 1. The molecule has 120 valence electrons. The minimum atomic E-state index is -0.893. The first-order chi connectivity index (χ1) is 10.5. The third-order valence-electron chi connectivity index (χ3n) is 4.34. The molecular weight excluding hydrogens is 280 g/mol. The molecule has 0 spiro atoms. The second-order valence-electron chi connectivity index (χ2n) is 6.17. The summed E-state index contributed by atoms with van der Waals surface area (Å²) < 4.78 is 0. The summed E-state index contributed by atoms with van der Waals surface area (Å²) in [7, 11) is 0. The predicted octanol–water partition coefficient (Wildman–Crippen LogP) is 3.02. The Morgan fingerprint density at radius 3 is 2.64 bits per heavy atom. The third-order valence-corrected chi connectivity index (χ3v) is 4.34. The maximum atomic E-state index is 12.9. The van der Waals surface area contributed by atoms with Gasteiger partial charge in [-0.1, -0.05) is 32.3 Å². The zero-order valence-electron chi connectivity index (χ0n) is 13.3. The van der Waals surface area contributed by atoms with Crippen LogP contribution in [-0.2, 0) is 9.59 Å². The summed E-state index contributed by atoms with van der Waals surface area (Å²) in [5.74, 6) is -0.902. The molecule has 0 saturated heterocycles. The van der Waals surface area contributed by atoms with E-state index in [-0.39, 0.29) is 18.4 Å². The van der Waals surface area contributed by atoms with E-state index in [1.165, 1.54) is 6.42 Å². The molecule has 0 radical (unpaired) electrons. The molecule has 0 aromatic carbocycles. The minimum Gasteiger partial charge on any atom is -0.481 e. The second kappa shape index (κ2) is 7.38. The number of hydrogen-bond acceptors (Lipinski definition) is 3. The summed E-state index contributed by atoms with van der Waals surface area (Å²) in [6, 6.07) is 3.72. The monoisotopic (exact) mass is 304 g/mol. The summed E-state index contributed by atoms with van der Waals surface area (Å²) in [5, 5.41) is 9.18. The summed E-state index contributed by atoms with van der Waals surface area (Å²) >= 11 is 0. The minimum absolute atomic E-state index is 0.00356. The number of amides is 1. The first kappa shape index (κ1) is 16.5.